The van der Waals surface area contributed by atoms with Crippen LogP contribution >= 0.6 is 0 Å². The maximum atomic E-state index is 9.94. The van der Waals surface area contributed by atoms with E-state index in [1.165, 1.54) is 0 Å². The maximum absolute atomic E-state index is 9.94. The largest absolute Gasteiger partial charge is 0.454 e. The zero-order valence-electron chi connectivity index (χ0n) is 10.7. The van der Waals surface area contributed by atoms with Crippen LogP contribution in [-0.4, -0.2) is 14.9 Å². The molecule has 1 N–H and O–H groups in total. The number of hydrogen-bond donors (Lipinski definition) is 1. The Labute approximate surface area is 107 Å². The lowest BCUT2D eigenvalue weighted by Gasteiger charge is -2.13. The first-order valence-electron chi connectivity index (χ1n) is 6.21. The second-order valence-electron chi connectivity index (χ2n) is 4.10. The van der Waals surface area contributed by atoms with Crippen LogP contribution in [0.5, 0.6) is 11.5 Å². The summed E-state index contributed by atoms with van der Waals surface area (Å²) < 4.78 is 7.57. The molecule has 1 aromatic carbocycles. The lowest BCUT2D eigenvalue weighted by molar-refractivity contribution is 0.170. The summed E-state index contributed by atoms with van der Waals surface area (Å²) in [6.07, 6.45) is 3.69. The van der Waals surface area contributed by atoms with E-state index >= 15 is 0 Å². The smallest absolute Gasteiger partial charge is 0.165 e. The summed E-state index contributed by atoms with van der Waals surface area (Å²) >= 11 is 0. The number of aliphatic hydroxyl groups is 1. The van der Waals surface area contributed by atoms with Gasteiger partial charge < -0.3 is 9.84 Å². The van der Waals surface area contributed by atoms with Crippen LogP contribution in [0.25, 0.3) is 0 Å². The predicted molar refractivity (Wildman–Crippen MR) is 69.7 cm³/mol. The van der Waals surface area contributed by atoms with Crippen LogP contribution in [0.3, 0.4) is 0 Å². The van der Waals surface area contributed by atoms with Crippen LogP contribution in [0.2, 0.25) is 0 Å². The zero-order chi connectivity index (χ0) is 13.0. The Bertz CT molecular complexity index is 508. The van der Waals surface area contributed by atoms with E-state index in [-0.39, 0.29) is 0 Å². The quantitative estimate of drug-likeness (QED) is 0.881. The van der Waals surface area contributed by atoms with Gasteiger partial charge in [-0.1, -0.05) is 25.1 Å². The monoisotopic (exact) mass is 246 g/mol. The standard InChI is InChI=1S/C14H18N2O2/c1-3-13(17)12-7-5-6-8-14(12)18-11-9-15-16(4-2)10-11/h5-10,13,17H,3-4H2,1-2H3/t13-/m1/s1. The van der Waals surface area contributed by atoms with Crippen LogP contribution in [0, 0.1) is 0 Å². The average Bonchev–Trinajstić information content (AvgIpc) is 2.86. The fourth-order valence-electron chi connectivity index (χ4n) is 1.77. The third-order valence-electron chi connectivity index (χ3n) is 2.83. The van der Waals surface area contributed by atoms with Crippen molar-refractivity contribution in [3.8, 4) is 11.5 Å². The number of rotatable bonds is 5. The Morgan fingerprint density at radius 3 is 2.78 bits per heavy atom. The second-order valence-corrected chi connectivity index (χ2v) is 4.10. The fraction of sp³-hybridized carbons (Fsp3) is 0.357. The highest BCUT2D eigenvalue weighted by Crippen LogP contribution is 2.30. The van der Waals surface area contributed by atoms with Gasteiger partial charge in [-0.15, -0.1) is 0 Å². The fourth-order valence-corrected chi connectivity index (χ4v) is 1.77. The molecule has 0 unspecified atom stereocenters. The molecular formula is C14H18N2O2. The highest BCUT2D eigenvalue weighted by atomic mass is 16.5. The van der Waals surface area contributed by atoms with Gasteiger partial charge in [0.05, 0.1) is 18.5 Å². The molecule has 0 bridgehead atoms. The highest BCUT2D eigenvalue weighted by molar-refractivity contribution is 5.38. The maximum Gasteiger partial charge on any atom is 0.165 e. The topological polar surface area (TPSA) is 47.3 Å². The Morgan fingerprint density at radius 1 is 1.33 bits per heavy atom. The van der Waals surface area contributed by atoms with Crippen molar-refractivity contribution in [2.24, 2.45) is 0 Å². The minimum Gasteiger partial charge on any atom is -0.454 e. The molecule has 0 fully saturated rings. The minimum absolute atomic E-state index is 0.498. The first-order chi connectivity index (χ1) is 8.74. The van der Waals surface area contributed by atoms with E-state index < -0.39 is 6.10 Å². The molecule has 0 saturated carbocycles. The molecule has 4 nitrogen and oxygen atoms in total. The number of benzene rings is 1. The molecule has 0 radical (unpaired) electrons. The molecule has 1 atom stereocenters. The summed E-state index contributed by atoms with van der Waals surface area (Å²) in [6.45, 7) is 4.77. The number of aryl methyl sites for hydroxylation is 1. The van der Waals surface area contributed by atoms with Gasteiger partial charge in [-0.05, 0) is 19.4 Å². The van der Waals surface area contributed by atoms with Crippen molar-refractivity contribution < 1.29 is 9.84 Å². The van der Waals surface area contributed by atoms with Gasteiger partial charge in [0.2, 0.25) is 0 Å². The molecule has 1 heterocycles. The number of ether oxygens (including phenoxy) is 1. The molecule has 4 heteroatoms. The first-order valence-corrected chi connectivity index (χ1v) is 6.21. The molecule has 0 aliphatic carbocycles. The molecule has 0 saturated heterocycles. The summed E-state index contributed by atoms with van der Waals surface area (Å²) in [5.74, 6) is 1.37. The lowest BCUT2D eigenvalue weighted by atomic mass is 10.1. The normalized spacial score (nSPS) is 12.4. The first kappa shape index (κ1) is 12.6. The van der Waals surface area contributed by atoms with Crippen LogP contribution in [0.15, 0.2) is 36.7 Å². The molecule has 2 aromatic rings. The van der Waals surface area contributed by atoms with Crippen LogP contribution in [0.1, 0.15) is 31.9 Å². The Morgan fingerprint density at radius 2 is 2.11 bits per heavy atom. The summed E-state index contributed by atoms with van der Waals surface area (Å²) in [6, 6.07) is 7.53. The van der Waals surface area contributed by atoms with Crippen LogP contribution in [-0.2, 0) is 6.54 Å². The molecule has 0 spiro atoms. The van der Waals surface area contributed by atoms with Gasteiger partial charge in [-0.25, -0.2) is 0 Å². The molecule has 0 aliphatic rings. The third-order valence-corrected chi connectivity index (χ3v) is 2.83. The van der Waals surface area contributed by atoms with Gasteiger partial charge in [-0.2, -0.15) is 5.10 Å². The predicted octanol–water partition coefficient (Wildman–Crippen LogP) is 3.14. The molecule has 18 heavy (non-hydrogen) atoms. The third kappa shape index (κ3) is 2.71. The molecule has 0 amide bonds. The van der Waals surface area contributed by atoms with Gasteiger partial charge in [0.15, 0.2) is 5.75 Å². The summed E-state index contributed by atoms with van der Waals surface area (Å²) in [7, 11) is 0. The number of hydrogen-bond acceptors (Lipinski definition) is 3. The van der Waals surface area contributed by atoms with Gasteiger partial charge in [-0.3, -0.25) is 4.68 Å². The van der Waals surface area contributed by atoms with Crippen LogP contribution in [0.4, 0.5) is 0 Å². The highest BCUT2D eigenvalue weighted by Gasteiger charge is 2.12. The second kappa shape index (κ2) is 5.69. The summed E-state index contributed by atoms with van der Waals surface area (Å²) in [4.78, 5) is 0. The van der Waals surface area contributed by atoms with E-state index in [0.717, 1.165) is 12.1 Å². The van der Waals surface area contributed by atoms with E-state index in [9.17, 15) is 5.11 Å². The van der Waals surface area contributed by atoms with E-state index in [4.69, 9.17) is 4.74 Å². The Kier molecular flexibility index (Phi) is 3.99. The summed E-state index contributed by atoms with van der Waals surface area (Å²) in [5, 5.41) is 14.1. The number of nitrogens with zero attached hydrogens (tertiary/aromatic N) is 2. The van der Waals surface area contributed by atoms with Crippen molar-refractivity contribution in [1.29, 1.82) is 0 Å². The summed E-state index contributed by atoms with van der Waals surface area (Å²) in [5.41, 5.74) is 0.809. The van der Waals surface area contributed by atoms with Gasteiger partial charge in [0.25, 0.3) is 0 Å². The van der Waals surface area contributed by atoms with Gasteiger partial charge in [0.1, 0.15) is 5.75 Å². The van der Waals surface area contributed by atoms with E-state index in [1.807, 2.05) is 44.3 Å². The van der Waals surface area contributed by atoms with Crippen molar-refractivity contribution in [1.82, 2.24) is 9.78 Å². The van der Waals surface area contributed by atoms with E-state index in [1.54, 1.807) is 10.9 Å². The molecule has 1 aromatic heterocycles. The molecule has 0 aliphatic heterocycles. The lowest BCUT2D eigenvalue weighted by Crippen LogP contribution is -1.98. The van der Waals surface area contributed by atoms with Crippen molar-refractivity contribution in [2.45, 2.75) is 32.9 Å². The van der Waals surface area contributed by atoms with E-state index in [0.29, 0.717) is 17.9 Å². The van der Waals surface area contributed by atoms with E-state index in [2.05, 4.69) is 5.10 Å². The zero-order valence-corrected chi connectivity index (χ0v) is 10.7. The van der Waals surface area contributed by atoms with Crippen molar-refractivity contribution in [3.63, 3.8) is 0 Å². The van der Waals surface area contributed by atoms with Gasteiger partial charge in [0, 0.05) is 12.1 Å². The SMILES string of the molecule is CC[C@@H](O)c1ccccc1Oc1cnn(CC)c1. The number of para-hydroxylation sites is 1. The van der Waals surface area contributed by atoms with Crippen molar-refractivity contribution >= 4 is 0 Å². The minimum atomic E-state index is -0.498. The molecule has 96 valence electrons. The molecule has 2 rings (SSSR count). The Hall–Kier alpha value is -1.81. The average molecular weight is 246 g/mol. The van der Waals surface area contributed by atoms with Crippen molar-refractivity contribution in [3.05, 3.63) is 42.2 Å². The number of aliphatic hydroxyl groups excluding tert-OH is 1. The Balaban J connectivity index is 2.23. The van der Waals surface area contributed by atoms with Crippen molar-refractivity contribution in [2.75, 3.05) is 0 Å². The van der Waals surface area contributed by atoms with Crippen LogP contribution < -0.4 is 4.74 Å². The van der Waals surface area contributed by atoms with Gasteiger partial charge >= 0.3 is 0 Å². The molecular weight excluding hydrogens is 228 g/mol. The number of aromatic nitrogens is 2.